The Labute approximate surface area is 63.4 Å². The van der Waals surface area contributed by atoms with Gasteiger partial charge in [0.25, 0.3) is 0 Å². The molecule has 0 aromatic carbocycles. The molecule has 0 fully saturated rings. The molecule has 1 aliphatic rings. The molecule has 5 nitrogen and oxygen atoms in total. The second-order valence-corrected chi connectivity index (χ2v) is 2.24. The van der Waals surface area contributed by atoms with Crippen molar-refractivity contribution in [3.63, 3.8) is 0 Å². The van der Waals surface area contributed by atoms with Crippen LogP contribution in [0.1, 0.15) is 5.69 Å². The molecule has 0 saturated heterocycles. The highest BCUT2D eigenvalue weighted by atomic mass is 16.3. The number of anilines is 1. The molecule has 1 aromatic heterocycles. The number of fused-ring (bicyclic) bond motifs is 1. The van der Waals surface area contributed by atoms with Gasteiger partial charge in [-0.25, -0.2) is 4.98 Å². The number of nitrogens with zero attached hydrogens (tertiary/aromatic N) is 3. The standard InChI is InChI=1S/C6H8N4O/c11-4-10-3-9-6-5(10)1-7-2-8-6/h1,3,8,11H,2,4H2. The summed E-state index contributed by atoms with van der Waals surface area (Å²) in [5, 5.41) is 11.8. The molecule has 0 spiro atoms. The van der Waals surface area contributed by atoms with Crippen molar-refractivity contribution in [1.82, 2.24) is 9.55 Å². The minimum Gasteiger partial charge on any atom is -0.376 e. The van der Waals surface area contributed by atoms with Gasteiger partial charge in [0, 0.05) is 0 Å². The predicted molar refractivity (Wildman–Crippen MR) is 40.5 cm³/mol. The molecular formula is C6H8N4O. The molecule has 0 amide bonds. The third-order valence-corrected chi connectivity index (χ3v) is 1.58. The van der Waals surface area contributed by atoms with E-state index in [-0.39, 0.29) is 6.73 Å². The van der Waals surface area contributed by atoms with E-state index in [1.165, 1.54) is 0 Å². The van der Waals surface area contributed by atoms with Gasteiger partial charge in [-0.2, -0.15) is 0 Å². The highest BCUT2D eigenvalue weighted by Crippen LogP contribution is 2.12. The highest BCUT2D eigenvalue weighted by Gasteiger charge is 2.09. The SMILES string of the molecule is OCn1cnc2c1C=NCN2. The third kappa shape index (κ3) is 0.894. The van der Waals surface area contributed by atoms with Crippen molar-refractivity contribution < 1.29 is 5.11 Å². The van der Waals surface area contributed by atoms with Crippen LogP contribution in [0.5, 0.6) is 0 Å². The van der Waals surface area contributed by atoms with Gasteiger partial charge in [-0.05, 0) is 0 Å². The van der Waals surface area contributed by atoms with Gasteiger partial charge in [-0.3, -0.25) is 4.99 Å². The van der Waals surface area contributed by atoms with Gasteiger partial charge in [0.05, 0.1) is 12.5 Å². The molecule has 1 aliphatic heterocycles. The fourth-order valence-corrected chi connectivity index (χ4v) is 1.03. The number of hydrogen-bond donors (Lipinski definition) is 2. The molecule has 58 valence electrons. The Hall–Kier alpha value is -1.36. The van der Waals surface area contributed by atoms with Crippen LogP contribution in [0.4, 0.5) is 5.82 Å². The van der Waals surface area contributed by atoms with Crippen LogP contribution in [0, 0.1) is 0 Å². The summed E-state index contributed by atoms with van der Waals surface area (Å²) in [6.45, 7) is 0.505. The van der Waals surface area contributed by atoms with Crippen molar-refractivity contribution >= 4 is 12.0 Å². The van der Waals surface area contributed by atoms with E-state index in [1.807, 2.05) is 0 Å². The van der Waals surface area contributed by atoms with E-state index in [9.17, 15) is 0 Å². The smallest absolute Gasteiger partial charge is 0.154 e. The lowest BCUT2D eigenvalue weighted by molar-refractivity contribution is 0.210. The number of imidazole rings is 1. The van der Waals surface area contributed by atoms with Gasteiger partial charge in [0.15, 0.2) is 5.82 Å². The minimum absolute atomic E-state index is 0.0595. The normalized spacial score (nSPS) is 14.3. The largest absolute Gasteiger partial charge is 0.376 e. The van der Waals surface area contributed by atoms with Gasteiger partial charge in [0.2, 0.25) is 0 Å². The zero-order valence-electron chi connectivity index (χ0n) is 5.86. The first kappa shape index (κ1) is 6.36. The second-order valence-electron chi connectivity index (χ2n) is 2.24. The van der Waals surface area contributed by atoms with E-state index in [0.29, 0.717) is 6.67 Å². The van der Waals surface area contributed by atoms with Crippen molar-refractivity contribution in [3.05, 3.63) is 12.0 Å². The molecule has 2 N–H and O–H groups in total. The fourth-order valence-electron chi connectivity index (χ4n) is 1.03. The van der Waals surface area contributed by atoms with Crippen LogP contribution >= 0.6 is 0 Å². The first-order valence-electron chi connectivity index (χ1n) is 3.31. The molecule has 5 heteroatoms. The molecule has 0 unspecified atom stereocenters. The quantitative estimate of drug-likeness (QED) is 0.577. The summed E-state index contributed by atoms with van der Waals surface area (Å²) >= 11 is 0. The summed E-state index contributed by atoms with van der Waals surface area (Å²) in [6.07, 6.45) is 3.28. The number of rotatable bonds is 1. The first-order valence-corrected chi connectivity index (χ1v) is 3.31. The van der Waals surface area contributed by atoms with Crippen LogP contribution in [0.3, 0.4) is 0 Å². The van der Waals surface area contributed by atoms with Gasteiger partial charge in [-0.15, -0.1) is 0 Å². The van der Waals surface area contributed by atoms with E-state index < -0.39 is 0 Å². The molecule has 11 heavy (non-hydrogen) atoms. The monoisotopic (exact) mass is 152 g/mol. The number of nitrogens with one attached hydrogen (secondary N) is 1. The lowest BCUT2D eigenvalue weighted by Gasteiger charge is -2.07. The van der Waals surface area contributed by atoms with Crippen LogP contribution in [-0.2, 0) is 6.73 Å². The molecular weight excluding hydrogens is 144 g/mol. The molecule has 2 heterocycles. The van der Waals surface area contributed by atoms with Crippen molar-refractivity contribution in [2.45, 2.75) is 6.73 Å². The van der Waals surface area contributed by atoms with Crippen molar-refractivity contribution in [2.75, 3.05) is 12.0 Å². The van der Waals surface area contributed by atoms with Gasteiger partial charge >= 0.3 is 0 Å². The molecule has 0 bridgehead atoms. The Morgan fingerprint density at radius 1 is 1.73 bits per heavy atom. The zero-order valence-corrected chi connectivity index (χ0v) is 5.86. The second kappa shape index (κ2) is 2.35. The van der Waals surface area contributed by atoms with Gasteiger partial charge < -0.3 is 15.0 Å². The average molecular weight is 152 g/mol. The Kier molecular flexibility index (Phi) is 1.36. The lowest BCUT2D eigenvalue weighted by Crippen LogP contribution is -2.10. The van der Waals surface area contributed by atoms with E-state index in [1.54, 1.807) is 17.1 Å². The lowest BCUT2D eigenvalue weighted by atomic mass is 10.4. The first-order chi connectivity index (χ1) is 5.42. The molecule has 0 radical (unpaired) electrons. The maximum atomic E-state index is 8.82. The summed E-state index contributed by atoms with van der Waals surface area (Å²) in [5.41, 5.74) is 0.832. The molecule has 0 atom stereocenters. The third-order valence-electron chi connectivity index (χ3n) is 1.58. The van der Waals surface area contributed by atoms with Crippen LogP contribution < -0.4 is 5.32 Å². The number of aliphatic hydroxyl groups excluding tert-OH is 1. The summed E-state index contributed by atoms with van der Waals surface area (Å²) in [4.78, 5) is 8.02. The van der Waals surface area contributed by atoms with Gasteiger partial charge in [0.1, 0.15) is 19.1 Å². The van der Waals surface area contributed by atoms with Crippen LogP contribution in [-0.4, -0.2) is 27.5 Å². The summed E-state index contributed by atoms with van der Waals surface area (Å²) in [5.74, 6) is 0.786. The summed E-state index contributed by atoms with van der Waals surface area (Å²) in [7, 11) is 0. The van der Waals surface area contributed by atoms with E-state index >= 15 is 0 Å². The predicted octanol–water partition coefficient (Wildman–Crippen LogP) is -0.365. The van der Waals surface area contributed by atoms with Crippen LogP contribution in [0.2, 0.25) is 0 Å². The maximum Gasteiger partial charge on any atom is 0.154 e. The Bertz CT molecular complexity index is 291. The van der Waals surface area contributed by atoms with E-state index in [2.05, 4.69) is 15.3 Å². The van der Waals surface area contributed by atoms with Gasteiger partial charge in [-0.1, -0.05) is 0 Å². The van der Waals surface area contributed by atoms with Crippen LogP contribution in [0.25, 0.3) is 0 Å². The number of hydrogen-bond acceptors (Lipinski definition) is 4. The molecule has 0 saturated carbocycles. The Morgan fingerprint density at radius 3 is 3.45 bits per heavy atom. The average Bonchev–Trinajstić information content (AvgIpc) is 2.47. The number of aromatic nitrogens is 2. The molecule has 1 aromatic rings. The van der Waals surface area contributed by atoms with Crippen LogP contribution in [0.15, 0.2) is 11.3 Å². The van der Waals surface area contributed by atoms with E-state index in [4.69, 9.17) is 5.11 Å². The fraction of sp³-hybridized carbons (Fsp3) is 0.333. The number of aliphatic imine (C=N–C) groups is 1. The maximum absolute atomic E-state index is 8.82. The molecule has 0 aliphatic carbocycles. The Balaban J connectivity index is 2.48. The summed E-state index contributed by atoms with van der Waals surface area (Å²) in [6, 6.07) is 0. The van der Waals surface area contributed by atoms with Crippen molar-refractivity contribution in [3.8, 4) is 0 Å². The minimum atomic E-state index is -0.0595. The zero-order chi connectivity index (χ0) is 7.68. The highest BCUT2D eigenvalue weighted by molar-refractivity contribution is 5.85. The summed E-state index contributed by atoms with van der Waals surface area (Å²) < 4.78 is 1.62. The topological polar surface area (TPSA) is 62.4 Å². The number of aliphatic hydroxyl groups is 1. The van der Waals surface area contributed by atoms with Crippen molar-refractivity contribution in [2.24, 2.45) is 4.99 Å². The van der Waals surface area contributed by atoms with Crippen molar-refractivity contribution in [1.29, 1.82) is 0 Å². The molecule has 2 rings (SSSR count). The van der Waals surface area contributed by atoms with E-state index in [0.717, 1.165) is 11.5 Å². The Morgan fingerprint density at radius 2 is 2.64 bits per heavy atom.